The van der Waals surface area contributed by atoms with Gasteiger partial charge >= 0.3 is 6.09 Å². The minimum atomic E-state index is -0.990. The monoisotopic (exact) mass is 649 g/mol. The van der Waals surface area contributed by atoms with Crippen molar-refractivity contribution >= 4 is 23.6 Å². The van der Waals surface area contributed by atoms with E-state index in [9.17, 15) is 29.5 Å². The number of ketones is 2. The van der Waals surface area contributed by atoms with Crippen molar-refractivity contribution in [2.45, 2.75) is 96.2 Å². The largest absolute Gasteiger partial charge is 0.504 e. The van der Waals surface area contributed by atoms with Gasteiger partial charge in [-0.3, -0.25) is 24.2 Å². The number of nitrogens with zero attached hydrogens (tertiary/aromatic N) is 3. The van der Waals surface area contributed by atoms with Crippen LogP contribution in [0.25, 0.3) is 0 Å². The van der Waals surface area contributed by atoms with E-state index in [1.807, 2.05) is 24.9 Å². The number of nitriles is 1. The van der Waals surface area contributed by atoms with Crippen molar-refractivity contribution in [3.05, 3.63) is 45.2 Å². The van der Waals surface area contributed by atoms with Gasteiger partial charge in [0.25, 0.3) is 0 Å². The fourth-order valence-electron chi connectivity index (χ4n) is 7.71. The van der Waals surface area contributed by atoms with E-state index in [0.29, 0.717) is 23.3 Å². The SMILES string of the molecule is COC1=C(C)C(=O)C2=C(C1=O)[C@H](CNC(=O)[C@H](C)NC(=O)OC(C)(C)C)N1[C@@H](C#N)[C@H]3Cc4cc(C)c(OC)c(O)c4[C@H]([C@@H]1C2)N3C. The number of nitrogens with one attached hydrogen (secondary N) is 2. The molecule has 2 bridgehead atoms. The van der Waals surface area contributed by atoms with Crippen LogP contribution in [0.3, 0.4) is 0 Å². The number of phenols is 1. The Morgan fingerprint density at radius 2 is 1.81 bits per heavy atom. The fourth-order valence-corrected chi connectivity index (χ4v) is 7.71. The molecule has 3 heterocycles. The summed E-state index contributed by atoms with van der Waals surface area (Å²) in [6.07, 6.45) is -0.189. The number of likely N-dealkylation sites (N-methyl/N-ethyl adjacent to an activating group) is 1. The maximum absolute atomic E-state index is 14.0. The number of carbonyl (C=O) groups is 4. The molecule has 1 saturated heterocycles. The van der Waals surface area contributed by atoms with Crippen molar-refractivity contribution in [3.8, 4) is 17.6 Å². The molecule has 13 nitrogen and oxygen atoms in total. The van der Waals surface area contributed by atoms with Gasteiger partial charge in [0.1, 0.15) is 17.7 Å². The molecule has 0 unspecified atom stereocenters. The molecule has 0 spiro atoms. The van der Waals surface area contributed by atoms with E-state index in [4.69, 9.17) is 14.2 Å². The highest BCUT2D eigenvalue weighted by Crippen LogP contribution is 2.53. The van der Waals surface area contributed by atoms with Crippen molar-refractivity contribution in [3.63, 3.8) is 0 Å². The summed E-state index contributed by atoms with van der Waals surface area (Å²) in [7, 11) is 4.72. The number of amides is 2. The van der Waals surface area contributed by atoms with Gasteiger partial charge in [0.2, 0.25) is 11.7 Å². The Morgan fingerprint density at radius 3 is 2.40 bits per heavy atom. The number of aryl methyl sites for hydroxylation is 1. The molecule has 13 heteroatoms. The number of allylic oxidation sites excluding steroid dienone is 2. The Kier molecular flexibility index (Phi) is 8.89. The van der Waals surface area contributed by atoms with Crippen molar-refractivity contribution in [1.82, 2.24) is 20.4 Å². The second-order valence-electron chi connectivity index (χ2n) is 13.7. The number of Topliss-reactive ketones (excluding diaryl/α,β-unsaturated/α-hetero) is 2. The molecule has 3 aliphatic heterocycles. The molecule has 2 amide bonds. The first-order valence-corrected chi connectivity index (χ1v) is 15.7. The molecule has 4 aliphatic rings. The number of carbonyl (C=O) groups excluding carboxylic acids is 4. The van der Waals surface area contributed by atoms with E-state index >= 15 is 0 Å². The molecule has 1 aromatic rings. The van der Waals surface area contributed by atoms with Crippen LogP contribution >= 0.6 is 0 Å². The van der Waals surface area contributed by atoms with Gasteiger partial charge in [-0.15, -0.1) is 0 Å². The number of rotatable bonds is 6. The molecule has 1 aliphatic carbocycles. The molecule has 6 atom stereocenters. The molecule has 0 radical (unpaired) electrons. The van der Waals surface area contributed by atoms with Gasteiger partial charge in [0, 0.05) is 40.9 Å². The Hall–Kier alpha value is -4.41. The number of hydrogen-bond donors (Lipinski definition) is 3. The highest BCUT2D eigenvalue weighted by molar-refractivity contribution is 6.25. The number of benzene rings is 1. The third-order valence-electron chi connectivity index (χ3n) is 9.66. The predicted molar refractivity (Wildman–Crippen MR) is 169 cm³/mol. The minimum Gasteiger partial charge on any atom is -0.504 e. The van der Waals surface area contributed by atoms with Gasteiger partial charge in [-0.05, 0) is 72.6 Å². The normalized spacial score (nSPS) is 26.4. The second-order valence-corrected chi connectivity index (χ2v) is 13.7. The van der Waals surface area contributed by atoms with Crippen LogP contribution in [0.2, 0.25) is 0 Å². The molecular formula is C34H43N5O8. The zero-order chi connectivity index (χ0) is 34.7. The quantitative estimate of drug-likeness (QED) is 0.387. The van der Waals surface area contributed by atoms with E-state index in [-0.39, 0.29) is 47.4 Å². The standard InChI is InChI=1S/C34H43N5O8/c1-15-10-18-11-20-22(13-35)39-21(26(38(20)7)24(18)28(41)30(15)45-8)12-19-25(29(42)31(46-9)16(2)27(19)40)23(39)14-36-32(43)17(3)37-33(44)47-34(4,5)6/h10,17,20-23,26,41H,11-12,14H2,1-9H3,(H,36,43)(H,37,44)/t17-,20+,21-,22-,23-,26-/m0/s1. The average Bonchev–Trinajstić information content (AvgIpc) is 2.98. The van der Waals surface area contributed by atoms with Crippen molar-refractivity contribution in [2.24, 2.45) is 0 Å². The molecule has 1 fully saturated rings. The van der Waals surface area contributed by atoms with Crippen LogP contribution in [0, 0.1) is 18.3 Å². The predicted octanol–water partition coefficient (Wildman–Crippen LogP) is 2.35. The topological polar surface area (TPSA) is 171 Å². The number of alkyl carbamates (subject to hydrolysis) is 1. The van der Waals surface area contributed by atoms with E-state index in [0.717, 1.165) is 11.1 Å². The van der Waals surface area contributed by atoms with Gasteiger partial charge in [-0.25, -0.2) is 4.79 Å². The summed E-state index contributed by atoms with van der Waals surface area (Å²) in [5.74, 6) is -1.08. The first-order valence-electron chi connectivity index (χ1n) is 15.7. The zero-order valence-electron chi connectivity index (χ0n) is 28.3. The molecule has 3 N–H and O–H groups in total. The summed E-state index contributed by atoms with van der Waals surface area (Å²) < 4.78 is 16.2. The minimum absolute atomic E-state index is 0.00335. The van der Waals surface area contributed by atoms with Crippen molar-refractivity contribution < 1.29 is 38.5 Å². The number of piperazine rings is 1. The molecule has 0 aromatic heterocycles. The van der Waals surface area contributed by atoms with Crippen LogP contribution < -0.4 is 15.4 Å². The number of phenolic OH excluding ortho intramolecular Hbond substituents is 1. The lowest BCUT2D eigenvalue weighted by Crippen LogP contribution is -2.71. The number of ether oxygens (including phenoxy) is 3. The van der Waals surface area contributed by atoms with Crippen molar-refractivity contribution in [2.75, 3.05) is 27.8 Å². The van der Waals surface area contributed by atoms with E-state index in [1.54, 1.807) is 27.7 Å². The second kappa shape index (κ2) is 12.3. The summed E-state index contributed by atoms with van der Waals surface area (Å²) >= 11 is 0. The first kappa shape index (κ1) is 33.9. The Morgan fingerprint density at radius 1 is 1.13 bits per heavy atom. The molecule has 47 heavy (non-hydrogen) atoms. The third kappa shape index (κ3) is 5.63. The molecule has 252 valence electrons. The van der Waals surface area contributed by atoms with Gasteiger partial charge in [0.05, 0.1) is 32.4 Å². The maximum atomic E-state index is 14.0. The molecule has 1 aromatic carbocycles. The lowest BCUT2D eigenvalue weighted by atomic mass is 9.69. The van der Waals surface area contributed by atoms with Gasteiger partial charge in [0.15, 0.2) is 23.0 Å². The number of aromatic hydroxyl groups is 1. The Bertz CT molecular complexity index is 1650. The summed E-state index contributed by atoms with van der Waals surface area (Å²) in [6.45, 7) is 9.90. The summed E-state index contributed by atoms with van der Waals surface area (Å²) in [6, 6.07) is 0.472. The maximum Gasteiger partial charge on any atom is 0.408 e. The van der Waals surface area contributed by atoms with Gasteiger partial charge < -0.3 is 30.0 Å². The number of fused-ring (bicyclic) bond motifs is 6. The van der Waals surface area contributed by atoms with Crippen molar-refractivity contribution in [1.29, 1.82) is 5.26 Å². The van der Waals surface area contributed by atoms with E-state index in [1.165, 1.54) is 21.1 Å². The summed E-state index contributed by atoms with van der Waals surface area (Å²) in [5, 5.41) is 27.6. The van der Waals surface area contributed by atoms with Crippen LogP contribution in [-0.4, -0.2) is 102 Å². The lowest BCUT2D eigenvalue weighted by Gasteiger charge is -2.60. The van der Waals surface area contributed by atoms with E-state index < -0.39 is 53.6 Å². The average molecular weight is 650 g/mol. The molecule has 5 rings (SSSR count). The van der Waals surface area contributed by atoms with E-state index in [2.05, 4.69) is 21.6 Å². The highest BCUT2D eigenvalue weighted by Gasteiger charge is 2.58. The van der Waals surface area contributed by atoms with Crippen LogP contribution in [0.15, 0.2) is 28.5 Å². The summed E-state index contributed by atoms with van der Waals surface area (Å²) in [5.41, 5.74) is 2.20. The van der Waals surface area contributed by atoms with Crippen LogP contribution in [0.4, 0.5) is 4.79 Å². The third-order valence-corrected chi connectivity index (χ3v) is 9.66. The zero-order valence-corrected chi connectivity index (χ0v) is 28.3. The summed E-state index contributed by atoms with van der Waals surface area (Å²) in [4.78, 5) is 57.5. The Balaban J connectivity index is 1.59. The van der Waals surface area contributed by atoms with Crippen LogP contribution in [0.1, 0.15) is 63.8 Å². The smallest absolute Gasteiger partial charge is 0.408 e. The fraction of sp³-hybridized carbons (Fsp3) is 0.559. The van der Waals surface area contributed by atoms with Crippen LogP contribution in [0.5, 0.6) is 11.5 Å². The van der Waals surface area contributed by atoms with Crippen LogP contribution in [-0.2, 0) is 30.3 Å². The molecule has 0 saturated carbocycles. The lowest BCUT2D eigenvalue weighted by molar-refractivity contribution is -0.125. The van der Waals surface area contributed by atoms with Gasteiger partial charge in [-0.2, -0.15) is 5.26 Å². The number of hydrogen-bond acceptors (Lipinski definition) is 11. The number of methoxy groups -OCH3 is 2. The highest BCUT2D eigenvalue weighted by atomic mass is 16.6. The first-order chi connectivity index (χ1) is 22.1. The Labute approximate surface area is 274 Å². The van der Waals surface area contributed by atoms with Gasteiger partial charge in [-0.1, -0.05) is 6.07 Å². The molecular weight excluding hydrogens is 606 g/mol.